The van der Waals surface area contributed by atoms with Crippen LogP contribution in [0.3, 0.4) is 0 Å². The van der Waals surface area contributed by atoms with Crippen LogP contribution in [0.2, 0.25) is 0 Å². The number of amides is 3. The van der Waals surface area contributed by atoms with E-state index in [0.29, 0.717) is 24.9 Å². The van der Waals surface area contributed by atoms with E-state index in [1.54, 1.807) is 0 Å². The molecule has 1 saturated heterocycles. The normalized spacial score (nSPS) is 35.3. The fraction of sp³-hybridized carbons (Fsp3) is 0.500. The molecule has 1 heterocycles. The maximum atomic E-state index is 12.9. The van der Waals surface area contributed by atoms with Crippen molar-refractivity contribution in [2.75, 3.05) is 5.32 Å². The smallest absolute Gasteiger partial charge is 0.232 e. The van der Waals surface area contributed by atoms with Crippen molar-refractivity contribution in [2.45, 2.75) is 40.0 Å². The second-order valence-corrected chi connectivity index (χ2v) is 8.87. The number of hydrogen-bond acceptors (Lipinski definition) is 3. The van der Waals surface area contributed by atoms with Gasteiger partial charge in [0.1, 0.15) is 0 Å². The number of fused-ring (bicyclic) bond motifs is 2. The van der Waals surface area contributed by atoms with E-state index in [9.17, 15) is 14.4 Å². The predicted octanol–water partition coefficient (Wildman–Crippen LogP) is 3.25. The molecule has 2 bridgehead atoms. The van der Waals surface area contributed by atoms with Crippen molar-refractivity contribution in [3.63, 3.8) is 0 Å². The number of piperidine rings is 1. The summed E-state index contributed by atoms with van der Waals surface area (Å²) in [7, 11) is 0. The molecule has 24 heavy (non-hydrogen) atoms. The lowest BCUT2D eigenvalue weighted by Crippen LogP contribution is -2.63. The first kappa shape index (κ1) is 17.1. The fourth-order valence-corrected chi connectivity index (χ4v) is 4.74. The van der Waals surface area contributed by atoms with Crippen LogP contribution < -0.4 is 10.6 Å². The second kappa shape index (κ2) is 5.41. The Morgan fingerprint density at radius 3 is 2.00 bits per heavy atom. The first-order valence-electron chi connectivity index (χ1n) is 7.99. The summed E-state index contributed by atoms with van der Waals surface area (Å²) in [4.78, 5) is 37.6. The van der Waals surface area contributed by atoms with Gasteiger partial charge in [-0.2, -0.15) is 0 Å². The quantitative estimate of drug-likeness (QED) is 0.758. The minimum absolute atomic E-state index is 0.149. The first-order chi connectivity index (χ1) is 11.1. The lowest BCUT2D eigenvalue weighted by molar-refractivity contribution is -0.163. The van der Waals surface area contributed by atoms with Gasteiger partial charge in [0.15, 0.2) is 0 Å². The van der Waals surface area contributed by atoms with Crippen molar-refractivity contribution in [2.24, 2.45) is 16.2 Å². The third-order valence-electron chi connectivity index (χ3n) is 5.31. The maximum absolute atomic E-state index is 12.9. The van der Waals surface area contributed by atoms with E-state index in [2.05, 4.69) is 26.6 Å². The lowest BCUT2D eigenvalue weighted by Gasteiger charge is -2.53. The molecule has 3 amide bonds. The Kier molecular flexibility index (Phi) is 3.86. The molecule has 1 aliphatic heterocycles. The zero-order valence-corrected chi connectivity index (χ0v) is 15.6. The molecule has 2 unspecified atom stereocenters. The largest absolute Gasteiger partial charge is 0.326 e. The van der Waals surface area contributed by atoms with Crippen molar-refractivity contribution >= 4 is 39.3 Å². The van der Waals surface area contributed by atoms with Crippen molar-refractivity contribution in [1.82, 2.24) is 5.32 Å². The third-order valence-corrected chi connectivity index (χ3v) is 5.84. The highest BCUT2D eigenvalue weighted by atomic mass is 79.9. The monoisotopic (exact) mass is 392 g/mol. The van der Waals surface area contributed by atoms with Gasteiger partial charge in [-0.15, -0.1) is 0 Å². The molecule has 2 fully saturated rings. The van der Waals surface area contributed by atoms with Crippen LogP contribution in [0.4, 0.5) is 5.69 Å². The van der Waals surface area contributed by atoms with E-state index in [4.69, 9.17) is 0 Å². The molecule has 1 aromatic rings. The van der Waals surface area contributed by atoms with Gasteiger partial charge in [0, 0.05) is 26.4 Å². The Balaban J connectivity index is 1.89. The van der Waals surface area contributed by atoms with Gasteiger partial charge in [0.05, 0.1) is 0 Å². The van der Waals surface area contributed by atoms with Crippen LogP contribution in [0.5, 0.6) is 0 Å². The molecule has 1 aromatic carbocycles. The van der Waals surface area contributed by atoms with Gasteiger partial charge in [0.25, 0.3) is 0 Å². The van der Waals surface area contributed by atoms with Gasteiger partial charge in [-0.25, -0.2) is 0 Å². The van der Waals surface area contributed by atoms with Crippen molar-refractivity contribution in [1.29, 1.82) is 0 Å². The molecule has 2 N–H and O–H groups in total. The summed E-state index contributed by atoms with van der Waals surface area (Å²) >= 11 is 3.36. The Bertz CT molecular complexity index is 702. The van der Waals surface area contributed by atoms with Crippen LogP contribution in [0.1, 0.15) is 40.0 Å². The second-order valence-electron chi connectivity index (χ2n) is 7.96. The highest BCUT2D eigenvalue weighted by Gasteiger charge is 2.60. The number of nitrogens with one attached hydrogen (secondary N) is 2. The first-order valence-corrected chi connectivity index (χ1v) is 8.79. The molecule has 3 rings (SSSR count). The number of rotatable bonds is 2. The van der Waals surface area contributed by atoms with E-state index in [-0.39, 0.29) is 17.7 Å². The summed E-state index contributed by atoms with van der Waals surface area (Å²) in [5.74, 6) is -0.691. The van der Waals surface area contributed by atoms with Crippen molar-refractivity contribution in [3.05, 3.63) is 28.7 Å². The molecule has 128 valence electrons. The van der Waals surface area contributed by atoms with Gasteiger partial charge in [0.2, 0.25) is 17.7 Å². The summed E-state index contributed by atoms with van der Waals surface area (Å²) < 4.78 is 0.932. The van der Waals surface area contributed by atoms with E-state index in [1.165, 1.54) is 0 Å². The fourth-order valence-electron chi connectivity index (χ4n) is 4.47. The zero-order valence-electron chi connectivity index (χ0n) is 14.0. The third kappa shape index (κ3) is 2.77. The topological polar surface area (TPSA) is 75.3 Å². The summed E-state index contributed by atoms with van der Waals surface area (Å²) in [5, 5.41) is 5.41. The van der Waals surface area contributed by atoms with Crippen LogP contribution in [0, 0.1) is 16.2 Å². The number of anilines is 1. The lowest BCUT2D eigenvalue weighted by atomic mass is 9.52. The molecule has 1 saturated carbocycles. The average molecular weight is 393 g/mol. The Morgan fingerprint density at radius 2 is 1.50 bits per heavy atom. The Labute approximate surface area is 149 Å². The van der Waals surface area contributed by atoms with Crippen molar-refractivity contribution < 1.29 is 14.4 Å². The number of carbonyl (C=O) groups is 3. The van der Waals surface area contributed by atoms with E-state index < -0.39 is 16.2 Å². The number of carbonyl (C=O) groups excluding carboxylic acids is 3. The highest BCUT2D eigenvalue weighted by Crippen LogP contribution is 2.56. The number of hydrogen-bond donors (Lipinski definition) is 2. The highest BCUT2D eigenvalue weighted by molar-refractivity contribution is 9.10. The summed E-state index contributed by atoms with van der Waals surface area (Å²) in [6, 6.07) is 7.34. The molecule has 2 atom stereocenters. The van der Waals surface area contributed by atoms with Gasteiger partial charge < -0.3 is 5.32 Å². The molecule has 0 aromatic heterocycles. The van der Waals surface area contributed by atoms with Crippen LogP contribution in [-0.4, -0.2) is 17.7 Å². The SMILES string of the molecule is CC12CC(C)(CC(C)(C(=O)Nc3ccc(Br)cc3)C1)C(=O)NC2=O. The zero-order chi connectivity index (χ0) is 17.8. The molecule has 0 radical (unpaired) electrons. The van der Waals surface area contributed by atoms with Crippen LogP contribution in [-0.2, 0) is 14.4 Å². The van der Waals surface area contributed by atoms with Gasteiger partial charge in [-0.1, -0.05) is 36.7 Å². The number of halogens is 1. The molecule has 6 heteroatoms. The van der Waals surface area contributed by atoms with Gasteiger partial charge >= 0.3 is 0 Å². The Hall–Kier alpha value is -1.69. The number of benzene rings is 1. The van der Waals surface area contributed by atoms with Crippen LogP contribution in [0.25, 0.3) is 0 Å². The van der Waals surface area contributed by atoms with Crippen LogP contribution in [0.15, 0.2) is 28.7 Å². The van der Waals surface area contributed by atoms with E-state index >= 15 is 0 Å². The van der Waals surface area contributed by atoms with E-state index in [1.807, 2.05) is 45.0 Å². The molecule has 1 aliphatic carbocycles. The minimum atomic E-state index is -0.776. The van der Waals surface area contributed by atoms with Crippen molar-refractivity contribution in [3.8, 4) is 0 Å². The minimum Gasteiger partial charge on any atom is -0.326 e. The molecular weight excluding hydrogens is 372 g/mol. The number of imide groups is 1. The standard InChI is InChI=1S/C18H21BrN2O3/c1-16(13(22)20-12-6-4-11(19)5-7-12)8-17(2)10-18(3,9-16)15(24)21-14(17)23/h4-7H,8-10H2,1-3H3,(H,20,22)(H,21,23,24). The molecule has 0 spiro atoms. The van der Waals surface area contributed by atoms with E-state index in [0.717, 1.165) is 4.47 Å². The Morgan fingerprint density at radius 1 is 1.00 bits per heavy atom. The predicted molar refractivity (Wildman–Crippen MR) is 94.1 cm³/mol. The summed E-state index contributed by atoms with van der Waals surface area (Å²) in [6.45, 7) is 5.54. The molecule has 5 nitrogen and oxygen atoms in total. The summed E-state index contributed by atoms with van der Waals surface area (Å²) in [6.07, 6.45) is 1.35. The maximum Gasteiger partial charge on any atom is 0.232 e. The van der Waals surface area contributed by atoms with Gasteiger partial charge in [-0.3, -0.25) is 19.7 Å². The van der Waals surface area contributed by atoms with Gasteiger partial charge in [-0.05, 0) is 43.5 Å². The molecule has 2 aliphatic rings. The van der Waals surface area contributed by atoms with Crippen LogP contribution >= 0.6 is 15.9 Å². The summed E-state index contributed by atoms with van der Waals surface area (Å²) in [5.41, 5.74) is -1.48. The molecular formula is C18H21BrN2O3. The average Bonchev–Trinajstić information content (AvgIpc) is 2.47.